The Morgan fingerprint density at radius 3 is 1.76 bits per heavy atom. The molecular weight excluding hydrogens is 340 g/mol. The normalized spacial score (nSPS) is 8.80. The Morgan fingerprint density at radius 1 is 1.12 bits per heavy atom. The van der Waals surface area contributed by atoms with E-state index < -0.39 is 5.91 Å². The minimum Gasteiger partial charge on any atom is -1.00 e. The molecule has 0 bridgehead atoms. The Bertz CT molecular complexity index is 407. The van der Waals surface area contributed by atoms with Crippen LogP contribution < -0.4 is 18.1 Å². The quantitative estimate of drug-likeness (QED) is 0.203. The smallest absolute Gasteiger partial charge is 0.333 e. The molecule has 2 N–H and O–H groups in total. The van der Waals surface area contributed by atoms with Gasteiger partial charge in [0, 0.05) is 5.57 Å². The molecule has 0 unspecified atom stereocenters. The molecule has 0 atom stereocenters. The van der Waals surface area contributed by atoms with E-state index in [1.54, 1.807) is 6.92 Å². The molecular formula is C19H35ClN2O3. The van der Waals surface area contributed by atoms with Crippen molar-refractivity contribution in [2.45, 2.75) is 26.7 Å². The van der Waals surface area contributed by atoms with E-state index in [0.717, 1.165) is 36.5 Å². The lowest BCUT2D eigenvalue weighted by Gasteiger charge is -2.26. The molecule has 0 aliphatic rings. The number of amides is 1. The fourth-order valence-electron chi connectivity index (χ4n) is 1.21. The second kappa shape index (κ2) is 20.2. The van der Waals surface area contributed by atoms with Gasteiger partial charge in [-0.15, -0.1) is 0 Å². The maximum absolute atomic E-state index is 10.7. The highest BCUT2D eigenvalue weighted by molar-refractivity contribution is 5.86. The number of halogens is 1. The number of carbonyl (C=O) groups is 2. The van der Waals surface area contributed by atoms with Gasteiger partial charge in [0.2, 0.25) is 5.91 Å². The van der Waals surface area contributed by atoms with Crippen LogP contribution in [0, 0.1) is 0 Å². The molecule has 0 rings (SSSR count). The monoisotopic (exact) mass is 374 g/mol. The number of primary amides is 1. The number of quaternary nitrogens is 1. The van der Waals surface area contributed by atoms with E-state index in [0.29, 0.717) is 12.2 Å². The standard InChI is InChI=1S/C8H16N.C8H14O2.C3H5NO.ClH/c1-5-7-9(3,4)8-6-2;1-4-5-6-10-8(9)7(2)3;1-2-3(4)5;/h5-6H,1-2,7-8H2,3-4H3;2,4-6H2,1,3H3;2H,1H2,(H2,4,5);1H/q+1;;;/p-1. The summed E-state index contributed by atoms with van der Waals surface area (Å²) < 4.78 is 5.76. The van der Waals surface area contributed by atoms with Crippen molar-refractivity contribution in [1.29, 1.82) is 0 Å². The van der Waals surface area contributed by atoms with E-state index in [2.05, 4.69) is 53.1 Å². The summed E-state index contributed by atoms with van der Waals surface area (Å²) in [5.74, 6) is -0.765. The van der Waals surface area contributed by atoms with Gasteiger partial charge in [-0.3, -0.25) is 4.79 Å². The fourth-order valence-corrected chi connectivity index (χ4v) is 1.21. The number of hydrogen-bond donors (Lipinski definition) is 1. The van der Waals surface area contributed by atoms with E-state index in [1.165, 1.54) is 0 Å². The highest BCUT2D eigenvalue weighted by atomic mass is 35.5. The van der Waals surface area contributed by atoms with Crippen LogP contribution in [0.1, 0.15) is 26.7 Å². The van der Waals surface area contributed by atoms with Gasteiger partial charge in [-0.2, -0.15) is 0 Å². The van der Waals surface area contributed by atoms with Crippen molar-refractivity contribution < 1.29 is 31.2 Å². The first-order valence-corrected chi connectivity index (χ1v) is 7.86. The zero-order valence-electron chi connectivity index (χ0n) is 16.2. The summed E-state index contributed by atoms with van der Waals surface area (Å²) in [6.07, 6.45) is 6.90. The number of ether oxygens (including phenoxy) is 1. The molecule has 0 aliphatic heterocycles. The van der Waals surface area contributed by atoms with Gasteiger partial charge in [-0.25, -0.2) is 4.79 Å². The van der Waals surface area contributed by atoms with Crippen molar-refractivity contribution in [2.75, 3.05) is 33.8 Å². The Morgan fingerprint density at radius 2 is 1.52 bits per heavy atom. The minimum absolute atomic E-state index is 0. The topological polar surface area (TPSA) is 69.4 Å². The van der Waals surface area contributed by atoms with Crippen LogP contribution in [-0.4, -0.2) is 50.2 Å². The summed E-state index contributed by atoms with van der Waals surface area (Å²) in [6.45, 7) is 20.1. The Hall–Kier alpha value is -1.85. The summed E-state index contributed by atoms with van der Waals surface area (Å²) in [4.78, 5) is 20.2. The van der Waals surface area contributed by atoms with E-state index in [1.807, 2.05) is 12.2 Å². The number of nitrogens with two attached hydrogens (primary N) is 1. The molecule has 0 heterocycles. The van der Waals surface area contributed by atoms with Crippen LogP contribution in [0.2, 0.25) is 0 Å². The SMILES string of the molecule is C=C(C)C(=O)OCCCC.C=CC(N)=O.C=CC[N+](C)(C)CC=C.[Cl-]. The predicted octanol–water partition coefficient (Wildman–Crippen LogP) is 0.00230. The van der Waals surface area contributed by atoms with Crippen LogP contribution in [0.25, 0.3) is 0 Å². The Balaban J connectivity index is -0.000000136. The van der Waals surface area contributed by atoms with Crippen molar-refractivity contribution in [3.8, 4) is 0 Å². The van der Waals surface area contributed by atoms with Crippen molar-refractivity contribution in [3.63, 3.8) is 0 Å². The second-order valence-corrected chi connectivity index (χ2v) is 5.75. The third kappa shape index (κ3) is 30.6. The number of unbranched alkanes of at least 4 members (excludes halogenated alkanes) is 1. The molecule has 1 amide bonds. The molecule has 0 saturated carbocycles. The van der Waals surface area contributed by atoms with Crippen LogP contribution >= 0.6 is 0 Å². The molecule has 6 heteroatoms. The maximum atomic E-state index is 10.7. The average Bonchev–Trinajstić information content (AvgIpc) is 2.48. The third-order valence-electron chi connectivity index (χ3n) is 2.53. The summed E-state index contributed by atoms with van der Waals surface area (Å²) in [5.41, 5.74) is 5.00. The van der Waals surface area contributed by atoms with Gasteiger partial charge in [0.1, 0.15) is 0 Å². The van der Waals surface area contributed by atoms with Crippen LogP contribution in [0.4, 0.5) is 0 Å². The van der Waals surface area contributed by atoms with E-state index in [9.17, 15) is 9.59 Å². The number of likely N-dealkylation sites (N-methyl/N-ethyl adjacent to an activating group) is 1. The van der Waals surface area contributed by atoms with Crippen LogP contribution in [0.15, 0.2) is 50.1 Å². The number of hydrogen-bond acceptors (Lipinski definition) is 3. The molecule has 0 radical (unpaired) electrons. The van der Waals surface area contributed by atoms with E-state index in [-0.39, 0.29) is 18.4 Å². The summed E-state index contributed by atoms with van der Waals surface area (Å²) in [7, 11) is 4.31. The van der Waals surface area contributed by atoms with Gasteiger partial charge in [0.05, 0.1) is 33.8 Å². The molecule has 0 spiro atoms. The van der Waals surface area contributed by atoms with Crippen molar-refractivity contribution in [3.05, 3.63) is 50.1 Å². The molecule has 0 fully saturated rings. The maximum Gasteiger partial charge on any atom is 0.333 e. The van der Waals surface area contributed by atoms with Crippen LogP contribution in [0.5, 0.6) is 0 Å². The number of esters is 1. The van der Waals surface area contributed by atoms with Crippen molar-refractivity contribution in [1.82, 2.24) is 0 Å². The first-order chi connectivity index (χ1) is 11.1. The molecule has 5 nitrogen and oxygen atoms in total. The molecule has 25 heavy (non-hydrogen) atoms. The van der Waals surface area contributed by atoms with Gasteiger partial charge < -0.3 is 27.4 Å². The van der Waals surface area contributed by atoms with Gasteiger partial charge in [0.25, 0.3) is 0 Å². The number of rotatable bonds is 9. The predicted molar refractivity (Wildman–Crippen MR) is 102 cm³/mol. The largest absolute Gasteiger partial charge is 1.00 e. The lowest BCUT2D eigenvalue weighted by molar-refractivity contribution is -0.878. The highest BCUT2D eigenvalue weighted by Gasteiger charge is 2.07. The Kier molecular flexibility index (Phi) is 25.0. The van der Waals surface area contributed by atoms with E-state index in [4.69, 9.17) is 4.74 Å². The molecule has 0 aliphatic carbocycles. The molecule has 0 aromatic rings. The third-order valence-corrected chi connectivity index (χ3v) is 2.53. The fraction of sp³-hybridized carbons (Fsp3) is 0.474. The second-order valence-electron chi connectivity index (χ2n) is 5.75. The first-order valence-electron chi connectivity index (χ1n) is 7.86. The zero-order chi connectivity index (χ0) is 19.6. The van der Waals surface area contributed by atoms with Gasteiger partial charge in [-0.05, 0) is 31.6 Å². The van der Waals surface area contributed by atoms with E-state index >= 15 is 0 Å². The molecule has 0 saturated heterocycles. The summed E-state index contributed by atoms with van der Waals surface area (Å²) >= 11 is 0. The zero-order valence-corrected chi connectivity index (χ0v) is 17.0. The summed E-state index contributed by atoms with van der Waals surface area (Å²) in [5, 5.41) is 0. The molecule has 146 valence electrons. The van der Waals surface area contributed by atoms with Crippen molar-refractivity contribution >= 4 is 11.9 Å². The lowest BCUT2D eigenvalue weighted by atomic mass is 10.3. The van der Waals surface area contributed by atoms with Crippen LogP contribution in [0.3, 0.4) is 0 Å². The van der Waals surface area contributed by atoms with Gasteiger partial charge in [-0.1, -0.05) is 39.7 Å². The molecule has 0 aromatic heterocycles. The van der Waals surface area contributed by atoms with Gasteiger partial charge >= 0.3 is 5.97 Å². The minimum atomic E-state index is -0.481. The highest BCUT2D eigenvalue weighted by Crippen LogP contribution is 1.95. The van der Waals surface area contributed by atoms with Crippen molar-refractivity contribution in [2.24, 2.45) is 5.73 Å². The molecule has 0 aromatic carbocycles. The summed E-state index contributed by atoms with van der Waals surface area (Å²) in [6, 6.07) is 0. The Labute approximate surface area is 159 Å². The van der Waals surface area contributed by atoms with Gasteiger partial charge in [0.15, 0.2) is 0 Å². The van der Waals surface area contributed by atoms with Crippen LogP contribution in [-0.2, 0) is 14.3 Å². The lowest BCUT2D eigenvalue weighted by Crippen LogP contribution is -3.00. The average molecular weight is 375 g/mol. The number of carbonyl (C=O) groups excluding carboxylic acids is 2. The first kappa shape index (κ1) is 31.0. The number of nitrogens with zero attached hydrogens (tertiary/aromatic N) is 1.